The van der Waals surface area contributed by atoms with Gasteiger partial charge in [0, 0.05) is 18.5 Å². The third kappa shape index (κ3) is 1.07. The third-order valence-electron chi connectivity index (χ3n) is 3.01. The molecule has 1 aromatic carbocycles. The van der Waals surface area contributed by atoms with Crippen LogP contribution in [-0.4, -0.2) is 6.54 Å². The molecule has 2 heterocycles. The van der Waals surface area contributed by atoms with Crippen LogP contribution in [0, 0.1) is 0 Å². The molecule has 2 nitrogen and oxygen atoms in total. The van der Waals surface area contributed by atoms with Gasteiger partial charge in [0.05, 0.1) is 6.26 Å². The summed E-state index contributed by atoms with van der Waals surface area (Å²) >= 11 is 0. The monoisotopic (exact) mass is 187 g/mol. The Morgan fingerprint density at radius 2 is 2.36 bits per heavy atom. The Bertz CT molecular complexity index is 472. The van der Waals surface area contributed by atoms with Crippen LogP contribution in [0.15, 0.2) is 28.9 Å². The molecular weight excluding hydrogens is 174 g/mol. The van der Waals surface area contributed by atoms with E-state index in [9.17, 15) is 0 Å². The lowest BCUT2D eigenvalue weighted by Crippen LogP contribution is -2.26. The zero-order valence-electron chi connectivity index (χ0n) is 8.21. The average molecular weight is 187 g/mol. The summed E-state index contributed by atoms with van der Waals surface area (Å²) in [6.07, 6.45) is 1.76. The highest BCUT2D eigenvalue weighted by Gasteiger charge is 2.16. The summed E-state index contributed by atoms with van der Waals surface area (Å²) in [4.78, 5) is 0. The van der Waals surface area contributed by atoms with Crippen molar-refractivity contribution in [3.8, 4) is 0 Å². The van der Waals surface area contributed by atoms with Crippen LogP contribution in [0.3, 0.4) is 0 Å². The lowest BCUT2D eigenvalue weighted by atomic mass is 9.91. The predicted molar refractivity (Wildman–Crippen MR) is 56.3 cm³/mol. The maximum absolute atomic E-state index is 5.41. The minimum absolute atomic E-state index is 0.591. The minimum Gasteiger partial charge on any atom is -0.464 e. The second-order valence-electron chi connectivity index (χ2n) is 4.04. The van der Waals surface area contributed by atoms with Crippen molar-refractivity contribution in [2.45, 2.75) is 19.4 Å². The van der Waals surface area contributed by atoms with Crippen LogP contribution in [0.25, 0.3) is 11.0 Å². The Hall–Kier alpha value is -1.28. The van der Waals surface area contributed by atoms with Gasteiger partial charge in [0.2, 0.25) is 0 Å². The molecule has 0 bridgehead atoms. The van der Waals surface area contributed by atoms with E-state index < -0.39 is 0 Å². The van der Waals surface area contributed by atoms with Gasteiger partial charge in [0.25, 0.3) is 0 Å². The van der Waals surface area contributed by atoms with E-state index in [-0.39, 0.29) is 0 Å². The van der Waals surface area contributed by atoms with Gasteiger partial charge >= 0.3 is 0 Å². The lowest BCUT2D eigenvalue weighted by Gasteiger charge is -2.23. The van der Waals surface area contributed by atoms with Gasteiger partial charge < -0.3 is 9.73 Å². The number of fused-ring (bicyclic) bond motifs is 2. The van der Waals surface area contributed by atoms with Crippen LogP contribution in [0.2, 0.25) is 0 Å². The fraction of sp³-hybridized carbons (Fsp3) is 0.333. The van der Waals surface area contributed by atoms with Gasteiger partial charge in [-0.15, -0.1) is 0 Å². The highest BCUT2D eigenvalue weighted by Crippen LogP contribution is 2.28. The quantitative estimate of drug-likeness (QED) is 0.686. The van der Waals surface area contributed by atoms with Crippen molar-refractivity contribution in [3.05, 3.63) is 35.6 Å². The van der Waals surface area contributed by atoms with Crippen LogP contribution in [0.1, 0.15) is 24.0 Å². The third-order valence-corrected chi connectivity index (χ3v) is 3.01. The van der Waals surface area contributed by atoms with Crippen LogP contribution in [0.4, 0.5) is 0 Å². The van der Waals surface area contributed by atoms with Crippen LogP contribution in [-0.2, 0) is 6.54 Å². The number of benzene rings is 1. The summed E-state index contributed by atoms with van der Waals surface area (Å²) in [6, 6.07) is 6.45. The first-order valence-electron chi connectivity index (χ1n) is 5.05. The highest BCUT2D eigenvalue weighted by molar-refractivity contribution is 5.79. The molecule has 1 N–H and O–H groups in total. The molecule has 3 rings (SSSR count). The molecule has 1 aliphatic heterocycles. The number of nitrogens with one attached hydrogen (secondary N) is 1. The number of hydrogen-bond acceptors (Lipinski definition) is 2. The summed E-state index contributed by atoms with van der Waals surface area (Å²) < 4.78 is 5.41. The van der Waals surface area contributed by atoms with E-state index in [2.05, 4.69) is 24.4 Å². The Morgan fingerprint density at radius 3 is 3.29 bits per heavy atom. The number of rotatable bonds is 0. The van der Waals surface area contributed by atoms with Crippen LogP contribution >= 0.6 is 0 Å². The normalized spacial score (nSPS) is 21.1. The summed E-state index contributed by atoms with van der Waals surface area (Å²) in [5.74, 6) is 0.591. The van der Waals surface area contributed by atoms with E-state index in [1.54, 1.807) is 6.26 Å². The maximum Gasteiger partial charge on any atom is 0.134 e. The Morgan fingerprint density at radius 1 is 1.43 bits per heavy atom. The van der Waals surface area contributed by atoms with E-state index >= 15 is 0 Å². The molecule has 1 atom stereocenters. The summed E-state index contributed by atoms with van der Waals surface area (Å²) in [5.41, 5.74) is 3.86. The molecule has 0 saturated heterocycles. The zero-order chi connectivity index (χ0) is 9.54. The largest absolute Gasteiger partial charge is 0.464 e. The van der Waals surface area contributed by atoms with Crippen molar-refractivity contribution < 1.29 is 4.42 Å². The topological polar surface area (TPSA) is 25.2 Å². The molecule has 0 spiro atoms. The molecule has 0 amide bonds. The molecule has 14 heavy (non-hydrogen) atoms. The molecule has 0 fully saturated rings. The molecule has 1 aromatic heterocycles. The number of hydrogen-bond donors (Lipinski definition) is 1. The van der Waals surface area contributed by atoms with Crippen molar-refractivity contribution in [2.24, 2.45) is 0 Å². The molecule has 2 aromatic rings. The second-order valence-corrected chi connectivity index (χ2v) is 4.04. The smallest absolute Gasteiger partial charge is 0.134 e. The highest BCUT2D eigenvalue weighted by atomic mass is 16.3. The van der Waals surface area contributed by atoms with Crippen LogP contribution in [0.5, 0.6) is 0 Å². The molecule has 0 saturated carbocycles. The Kier molecular flexibility index (Phi) is 1.64. The van der Waals surface area contributed by atoms with E-state index in [4.69, 9.17) is 4.42 Å². The van der Waals surface area contributed by atoms with Gasteiger partial charge in [-0.1, -0.05) is 6.92 Å². The van der Waals surface area contributed by atoms with Gasteiger partial charge in [0.15, 0.2) is 0 Å². The van der Waals surface area contributed by atoms with E-state index in [1.165, 1.54) is 16.5 Å². The van der Waals surface area contributed by atoms with E-state index in [0.29, 0.717) is 5.92 Å². The fourth-order valence-electron chi connectivity index (χ4n) is 2.22. The molecule has 0 aliphatic carbocycles. The van der Waals surface area contributed by atoms with Gasteiger partial charge in [-0.05, 0) is 35.2 Å². The van der Waals surface area contributed by atoms with E-state index in [1.807, 2.05) is 6.07 Å². The first-order valence-corrected chi connectivity index (χ1v) is 5.05. The Labute approximate surface area is 82.9 Å². The second kappa shape index (κ2) is 2.85. The zero-order valence-corrected chi connectivity index (χ0v) is 8.21. The first-order chi connectivity index (χ1) is 6.84. The maximum atomic E-state index is 5.41. The minimum atomic E-state index is 0.591. The molecule has 1 aliphatic rings. The predicted octanol–water partition coefficient (Wildman–Crippen LogP) is 2.64. The first kappa shape index (κ1) is 8.06. The van der Waals surface area contributed by atoms with E-state index in [0.717, 1.165) is 18.7 Å². The van der Waals surface area contributed by atoms with Crippen molar-refractivity contribution >= 4 is 11.0 Å². The van der Waals surface area contributed by atoms with Gasteiger partial charge in [-0.3, -0.25) is 0 Å². The van der Waals surface area contributed by atoms with Gasteiger partial charge in [-0.2, -0.15) is 0 Å². The van der Waals surface area contributed by atoms with Crippen molar-refractivity contribution in [1.29, 1.82) is 0 Å². The van der Waals surface area contributed by atoms with Crippen molar-refractivity contribution in [1.82, 2.24) is 5.32 Å². The van der Waals surface area contributed by atoms with Crippen molar-refractivity contribution in [3.63, 3.8) is 0 Å². The molecular formula is C12H13NO. The van der Waals surface area contributed by atoms with Crippen molar-refractivity contribution in [2.75, 3.05) is 6.54 Å². The Balaban J connectivity index is 2.27. The molecule has 72 valence electrons. The fourth-order valence-corrected chi connectivity index (χ4v) is 2.22. The summed E-state index contributed by atoms with van der Waals surface area (Å²) in [5, 5.41) is 4.62. The van der Waals surface area contributed by atoms with Gasteiger partial charge in [0.1, 0.15) is 5.58 Å². The molecule has 0 unspecified atom stereocenters. The summed E-state index contributed by atoms with van der Waals surface area (Å²) in [7, 11) is 0. The SMILES string of the molecule is C[C@H]1CNCc2cc3ccoc3cc21. The number of furan rings is 1. The molecule has 2 heteroatoms. The van der Waals surface area contributed by atoms with Gasteiger partial charge in [-0.25, -0.2) is 0 Å². The average Bonchev–Trinajstić information content (AvgIpc) is 2.62. The molecule has 0 radical (unpaired) electrons. The van der Waals surface area contributed by atoms with Crippen LogP contribution < -0.4 is 5.32 Å². The standard InChI is InChI=1S/C12H13NO/c1-8-6-13-7-10-4-9-2-3-14-12(9)5-11(8)10/h2-5,8,13H,6-7H2,1H3/t8-/m0/s1. The summed E-state index contributed by atoms with van der Waals surface area (Å²) in [6.45, 7) is 4.31. The lowest BCUT2D eigenvalue weighted by molar-refractivity contribution is 0.568.